The van der Waals surface area contributed by atoms with Crippen LogP contribution < -0.4 is 0 Å². The molecule has 5 atom stereocenters. The molecule has 0 radical (unpaired) electrons. The van der Waals surface area contributed by atoms with Crippen LogP contribution in [-0.2, 0) is 11.2 Å². The summed E-state index contributed by atoms with van der Waals surface area (Å²) in [5, 5.41) is 51.1. The zero-order valence-corrected chi connectivity index (χ0v) is 12.5. The molecule has 1 aromatic rings. The third-order valence-electron chi connectivity index (χ3n) is 3.41. The summed E-state index contributed by atoms with van der Waals surface area (Å²) in [7, 11) is 0. The molecule has 5 N–H and O–H groups in total. The third-order valence-corrected chi connectivity index (χ3v) is 4.53. The summed E-state index contributed by atoms with van der Waals surface area (Å²) >= 11 is 0.939. The summed E-state index contributed by atoms with van der Waals surface area (Å²) in [4.78, 5) is 0. The first-order chi connectivity index (χ1) is 10.6. The molecule has 1 aliphatic rings. The van der Waals surface area contributed by atoms with Crippen LogP contribution in [0.25, 0.3) is 0 Å². The van der Waals surface area contributed by atoms with E-state index in [0.717, 1.165) is 17.3 Å². The molecule has 122 valence electrons. The van der Waals surface area contributed by atoms with Crippen LogP contribution in [0.1, 0.15) is 5.56 Å². The van der Waals surface area contributed by atoms with Gasteiger partial charge in [0.1, 0.15) is 34.9 Å². The number of ether oxygens (including phenoxy) is 1. The molecule has 0 saturated carbocycles. The lowest BCUT2D eigenvalue weighted by molar-refractivity contribution is -0.205. The Labute approximate surface area is 131 Å². The van der Waals surface area contributed by atoms with E-state index in [9.17, 15) is 15.3 Å². The zero-order valence-electron chi connectivity index (χ0n) is 11.7. The molecule has 0 aromatic heterocycles. The van der Waals surface area contributed by atoms with Crippen LogP contribution in [0.15, 0.2) is 35.5 Å². The Balaban J connectivity index is 2.04. The molecule has 7 nitrogen and oxygen atoms in total. The Morgan fingerprint density at radius 3 is 2.36 bits per heavy atom. The molecule has 22 heavy (non-hydrogen) atoms. The van der Waals surface area contributed by atoms with Crippen molar-refractivity contribution in [2.24, 2.45) is 5.16 Å². The highest BCUT2D eigenvalue weighted by Crippen LogP contribution is 2.30. The smallest absolute Gasteiger partial charge is 0.138 e. The van der Waals surface area contributed by atoms with E-state index in [2.05, 4.69) is 5.16 Å². The van der Waals surface area contributed by atoms with Crippen molar-refractivity contribution in [2.45, 2.75) is 36.3 Å². The maximum absolute atomic E-state index is 9.96. The van der Waals surface area contributed by atoms with Crippen LogP contribution in [0.5, 0.6) is 0 Å². The monoisotopic (exact) mass is 329 g/mol. The standard InChI is InChI=1S/C14H19NO6S/c16-7-9-11(17)12(18)13(19)14(21-9)22-10(15-20)6-8-4-2-1-3-5-8/h1-5,9,11-14,16-20H,6-7H2/t9-,11-,12+,13-,14+/m1/s1. The van der Waals surface area contributed by atoms with Crippen LogP contribution in [0.2, 0.25) is 0 Å². The van der Waals surface area contributed by atoms with Gasteiger partial charge in [0.2, 0.25) is 0 Å². The zero-order chi connectivity index (χ0) is 16.1. The van der Waals surface area contributed by atoms with Gasteiger partial charge in [-0.15, -0.1) is 0 Å². The summed E-state index contributed by atoms with van der Waals surface area (Å²) in [6, 6.07) is 9.29. The Kier molecular flexibility index (Phi) is 6.18. The normalized spacial score (nSPS) is 32.9. The van der Waals surface area contributed by atoms with Crippen molar-refractivity contribution in [3.05, 3.63) is 35.9 Å². The van der Waals surface area contributed by atoms with Crippen molar-refractivity contribution in [1.29, 1.82) is 0 Å². The van der Waals surface area contributed by atoms with E-state index in [-0.39, 0.29) is 5.04 Å². The molecule has 1 heterocycles. The number of aliphatic hydroxyl groups is 4. The number of rotatable bonds is 4. The fourth-order valence-electron chi connectivity index (χ4n) is 2.17. The number of aliphatic hydroxyl groups excluding tert-OH is 4. The average molecular weight is 329 g/mol. The van der Waals surface area contributed by atoms with E-state index in [1.165, 1.54) is 0 Å². The molecule has 1 saturated heterocycles. The first kappa shape index (κ1) is 17.2. The van der Waals surface area contributed by atoms with E-state index >= 15 is 0 Å². The predicted octanol–water partition coefficient (Wildman–Crippen LogP) is -0.450. The summed E-state index contributed by atoms with van der Waals surface area (Å²) in [6.07, 6.45) is -4.86. The van der Waals surface area contributed by atoms with Gasteiger partial charge in [-0.05, 0) is 5.56 Å². The minimum Gasteiger partial charge on any atom is -0.410 e. The Morgan fingerprint density at radius 2 is 1.77 bits per heavy atom. The van der Waals surface area contributed by atoms with Gasteiger partial charge in [0, 0.05) is 6.42 Å². The van der Waals surface area contributed by atoms with Gasteiger partial charge < -0.3 is 30.4 Å². The predicted molar refractivity (Wildman–Crippen MR) is 80.7 cm³/mol. The van der Waals surface area contributed by atoms with Crippen LogP contribution in [0, 0.1) is 0 Å². The van der Waals surface area contributed by atoms with Crippen molar-refractivity contribution >= 4 is 16.8 Å². The van der Waals surface area contributed by atoms with Gasteiger partial charge in [-0.1, -0.05) is 47.2 Å². The van der Waals surface area contributed by atoms with Gasteiger partial charge in [0.25, 0.3) is 0 Å². The molecule has 1 fully saturated rings. The Morgan fingerprint density at radius 1 is 1.09 bits per heavy atom. The fraction of sp³-hybridized carbons (Fsp3) is 0.500. The highest BCUT2D eigenvalue weighted by molar-refractivity contribution is 8.14. The third kappa shape index (κ3) is 3.97. The number of hydrogen-bond donors (Lipinski definition) is 5. The second kappa shape index (κ2) is 7.91. The van der Waals surface area contributed by atoms with Gasteiger partial charge in [-0.2, -0.15) is 0 Å². The molecular weight excluding hydrogens is 310 g/mol. The lowest BCUT2D eigenvalue weighted by Crippen LogP contribution is -2.57. The van der Waals surface area contributed by atoms with Gasteiger partial charge in [-0.25, -0.2) is 0 Å². The molecule has 0 amide bonds. The first-order valence-corrected chi connectivity index (χ1v) is 7.66. The van der Waals surface area contributed by atoms with E-state index in [4.69, 9.17) is 15.1 Å². The highest BCUT2D eigenvalue weighted by atomic mass is 32.2. The number of benzene rings is 1. The average Bonchev–Trinajstić information content (AvgIpc) is 2.55. The second-order valence-corrected chi connectivity index (χ2v) is 6.14. The van der Waals surface area contributed by atoms with Crippen molar-refractivity contribution < 1.29 is 30.4 Å². The molecule has 0 bridgehead atoms. The fourth-order valence-corrected chi connectivity index (χ4v) is 3.23. The van der Waals surface area contributed by atoms with Crippen LogP contribution >= 0.6 is 11.8 Å². The van der Waals surface area contributed by atoms with E-state index in [0.29, 0.717) is 6.42 Å². The Bertz CT molecular complexity index is 497. The SMILES string of the molecule is OC[C@H]1O[C@@H](SC(Cc2ccccc2)=NO)[C@H](O)[C@@H](O)[C@@H]1O. The summed E-state index contributed by atoms with van der Waals surface area (Å²) in [5.41, 5.74) is -0.0439. The number of oxime groups is 1. The summed E-state index contributed by atoms with van der Waals surface area (Å²) < 4.78 is 5.36. The first-order valence-electron chi connectivity index (χ1n) is 6.79. The number of hydrogen-bond acceptors (Lipinski definition) is 8. The summed E-state index contributed by atoms with van der Waals surface area (Å²) in [6.45, 7) is -0.494. The minimum absolute atomic E-state index is 0.288. The maximum Gasteiger partial charge on any atom is 0.138 e. The molecule has 0 spiro atoms. The lowest BCUT2D eigenvalue weighted by Gasteiger charge is -2.39. The topological polar surface area (TPSA) is 123 Å². The van der Waals surface area contributed by atoms with Crippen molar-refractivity contribution in [3.63, 3.8) is 0 Å². The molecule has 8 heteroatoms. The Hall–Kier alpha value is -1.16. The van der Waals surface area contributed by atoms with Gasteiger partial charge >= 0.3 is 0 Å². The lowest BCUT2D eigenvalue weighted by atomic mass is 10.0. The molecular formula is C14H19NO6S. The van der Waals surface area contributed by atoms with Crippen molar-refractivity contribution in [3.8, 4) is 0 Å². The van der Waals surface area contributed by atoms with E-state index in [1.54, 1.807) is 0 Å². The van der Waals surface area contributed by atoms with E-state index < -0.39 is 36.5 Å². The molecule has 2 rings (SSSR count). The van der Waals surface area contributed by atoms with Crippen LogP contribution in [-0.4, -0.2) is 67.1 Å². The van der Waals surface area contributed by atoms with Crippen molar-refractivity contribution in [2.75, 3.05) is 6.61 Å². The van der Waals surface area contributed by atoms with Gasteiger partial charge in [0.05, 0.1) is 6.61 Å². The maximum atomic E-state index is 9.96. The molecule has 1 aliphatic heterocycles. The van der Waals surface area contributed by atoms with Crippen molar-refractivity contribution in [1.82, 2.24) is 0 Å². The van der Waals surface area contributed by atoms with Crippen LogP contribution in [0.4, 0.5) is 0 Å². The largest absolute Gasteiger partial charge is 0.410 e. The number of nitrogens with zero attached hydrogens (tertiary/aromatic N) is 1. The minimum atomic E-state index is -1.44. The van der Waals surface area contributed by atoms with Gasteiger partial charge in [-0.3, -0.25) is 0 Å². The molecule has 0 aliphatic carbocycles. The van der Waals surface area contributed by atoms with E-state index in [1.807, 2.05) is 30.3 Å². The summed E-state index contributed by atoms with van der Waals surface area (Å²) in [5.74, 6) is 0. The molecule has 0 unspecified atom stereocenters. The van der Waals surface area contributed by atoms with Crippen LogP contribution in [0.3, 0.4) is 0 Å². The number of thioether (sulfide) groups is 1. The molecule has 1 aromatic carbocycles. The quantitative estimate of drug-likeness (QED) is 0.219. The second-order valence-electron chi connectivity index (χ2n) is 4.97. The van der Waals surface area contributed by atoms with Gasteiger partial charge in [0.15, 0.2) is 0 Å². The highest BCUT2D eigenvalue weighted by Gasteiger charge is 2.44.